The van der Waals surface area contributed by atoms with E-state index in [9.17, 15) is 13.2 Å². The van der Waals surface area contributed by atoms with Gasteiger partial charge in [-0.1, -0.05) is 20.8 Å². The molecule has 1 aliphatic rings. The van der Waals surface area contributed by atoms with E-state index in [1.165, 1.54) is 6.92 Å². The molecule has 19 heavy (non-hydrogen) atoms. The Bertz CT molecular complexity index is 405. The van der Waals surface area contributed by atoms with E-state index in [0.29, 0.717) is 6.54 Å². The lowest BCUT2D eigenvalue weighted by Gasteiger charge is -2.21. The monoisotopic (exact) mass is 291 g/mol. The predicted octanol–water partition coefficient (Wildman–Crippen LogP) is 1.13. The molecule has 1 saturated heterocycles. The quantitative estimate of drug-likeness (QED) is 0.824. The number of amides is 1. The summed E-state index contributed by atoms with van der Waals surface area (Å²) in [7, 11) is -3.42. The van der Waals surface area contributed by atoms with E-state index < -0.39 is 21.0 Å². The second-order valence-corrected chi connectivity index (χ2v) is 8.71. The van der Waals surface area contributed by atoms with Gasteiger partial charge in [0.05, 0.1) is 11.9 Å². The Balaban J connectivity index is 2.50. The van der Waals surface area contributed by atoms with Crippen molar-refractivity contribution in [1.29, 1.82) is 0 Å². The van der Waals surface area contributed by atoms with Crippen LogP contribution in [0.1, 0.15) is 40.5 Å². The summed E-state index contributed by atoms with van der Waals surface area (Å²) < 4.78 is 29.6. The molecule has 1 amide bonds. The molecule has 0 saturated carbocycles. The number of nitrogens with one attached hydrogen (secondary N) is 1. The molecule has 1 fully saturated rings. The minimum atomic E-state index is -3.42. The summed E-state index contributed by atoms with van der Waals surface area (Å²) in [5.41, 5.74) is -0.345. The third kappa shape index (κ3) is 5.48. The highest BCUT2D eigenvalue weighted by molar-refractivity contribution is 7.92. The molecule has 1 rings (SSSR count). The summed E-state index contributed by atoms with van der Waals surface area (Å²) in [4.78, 5) is 11.9. The van der Waals surface area contributed by atoms with E-state index in [0.717, 1.165) is 19.4 Å². The van der Waals surface area contributed by atoms with Crippen LogP contribution in [0.3, 0.4) is 0 Å². The molecule has 6 heteroatoms. The molecule has 1 N–H and O–H groups in total. The molecule has 1 aliphatic heterocycles. The zero-order valence-corrected chi connectivity index (χ0v) is 13.0. The van der Waals surface area contributed by atoms with Gasteiger partial charge in [0.25, 0.3) is 0 Å². The maximum absolute atomic E-state index is 12.1. The second kappa shape index (κ2) is 6.22. The van der Waals surface area contributed by atoms with Gasteiger partial charge in [0, 0.05) is 13.2 Å². The molecule has 0 aromatic carbocycles. The molecule has 5 nitrogen and oxygen atoms in total. The standard InChI is InChI=1S/C13H25NO4S/c1-10(19(16,17)9-13(2,3)4)12(15)14-8-11-6-5-7-18-11/h10-11H,5-9H2,1-4H3,(H,14,15)/t10-,11-/m1/s1. The number of carbonyl (C=O) groups is 1. The van der Waals surface area contributed by atoms with Gasteiger partial charge in [-0.15, -0.1) is 0 Å². The Morgan fingerprint density at radius 2 is 2.05 bits per heavy atom. The van der Waals surface area contributed by atoms with Crippen molar-refractivity contribution in [3.05, 3.63) is 0 Å². The Morgan fingerprint density at radius 3 is 2.53 bits per heavy atom. The first-order valence-electron chi connectivity index (χ1n) is 6.73. The Labute approximate surface area is 116 Å². The van der Waals surface area contributed by atoms with E-state index in [4.69, 9.17) is 4.74 Å². The van der Waals surface area contributed by atoms with Gasteiger partial charge >= 0.3 is 0 Å². The summed E-state index contributed by atoms with van der Waals surface area (Å²) in [6.07, 6.45) is 1.95. The van der Waals surface area contributed by atoms with Crippen LogP contribution >= 0.6 is 0 Å². The molecule has 0 aromatic rings. The molecule has 0 aliphatic carbocycles. The first-order chi connectivity index (χ1) is 8.62. The van der Waals surface area contributed by atoms with Crippen molar-refractivity contribution in [1.82, 2.24) is 5.32 Å². The van der Waals surface area contributed by atoms with Gasteiger partial charge in [-0.2, -0.15) is 0 Å². The minimum Gasteiger partial charge on any atom is -0.376 e. The minimum absolute atomic E-state index is 0.00845. The topological polar surface area (TPSA) is 72.5 Å². The van der Waals surface area contributed by atoms with E-state index in [2.05, 4.69) is 5.32 Å². The van der Waals surface area contributed by atoms with Crippen LogP contribution in [0.5, 0.6) is 0 Å². The Hall–Kier alpha value is -0.620. The van der Waals surface area contributed by atoms with Crippen molar-refractivity contribution >= 4 is 15.7 Å². The normalized spacial score (nSPS) is 22.2. The van der Waals surface area contributed by atoms with Crippen LogP contribution in [0.2, 0.25) is 0 Å². The average Bonchev–Trinajstić information content (AvgIpc) is 2.74. The van der Waals surface area contributed by atoms with Gasteiger partial charge in [-0.3, -0.25) is 4.79 Å². The highest BCUT2D eigenvalue weighted by atomic mass is 32.2. The van der Waals surface area contributed by atoms with Crippen molar-refractivity contribution in [2.45, 2.75) is 51.9 Å². The van der Waals surface area contributed by atoms with Crippen molar-refractivity contribution < 1.29 is 17.9 Å². The molecular weight excluding hydrogens is 266 g/mol. The lowest BCUT2D eigenvalue weighted by molar-refractivity contribution is -0.120. The molecule has 0 unspecified atom stereocenters. The second-order valence-electron chi connectivity index (χ2n) is 6.39. The van der Waals surface area contributed by atoms with Crippen molar-refractivity contribution in [3.8, 4) is 0 Å². The average molecular weight is 291 g/mol. The number of carbonyl (C=O) groups excluding carboxylic acids is 1. The maximum atomic E-state index is 12.1. The Kier molecular flexibility index (Phi) is 5.38. The van der Waals surface area contributed by atoms with Crippen LogP contribution in [0.25, 0.3) is 0 Å². The van der Waals surface area contributed by atoms with Crippen molar-refractivity contribution in [3.63, 3.8) is 0 Å². The van der Waals surface area contributed by atoms with Gasteiger partial charge in [0.1, 0.15) is 5.25 Å². The van der Waals surface area contributed by atoms with Crippen molar-refractivity contribution in [2.24, 2.45) is 5.41 Å². The maximum Gasteiger partial charge on any atom is 0.238 e. The first-order valence-corrected chi connectivity index (χ1v) is 8.44. The zero-order chi connectivity index (χ0) is 14.7. The van der Waals surface area contributed by atoms with Gasteiger partial charge in [-0.05, 0) is 25.2 Å². The summed E-state index contributed by atoms with van der Waals surface area (Å²) in [6.45, 7) is 8.11. The van der Waals surface area contributed by atoms with Crippen LogP contribution in [-0.4, -0.2) is 44.6 Å². The number of sulfone groups is 1. The van der Waals surface area contributed by atoms with Gasteiger partial charge in [0.15, 0.2) is 9.84 Å². The summed E-state index contributed by atoms with van der Waals surface area (Å²) in [5.74, 6) is -0.422. The molecule has 1 heterocycles. The predicted molar refractivity (Wildman–Crippen MR) is 74.7 cm³/mol. The molecule has 0 bridgehead atoms. The highest BCUT2D eigenvalue weighted by Gasteiger charge is 2.32. The number of rotatable bonds is 5. The highest BCUT2D eigenvalue weighted by Crippen LogP contribution is 2.19. The summed E-state index contributed by atoms with van der Waals surface area (Å²) in [6, 6.07) is 0. The fourth-order valence-corrected chi connectivity index (χ4v) is 3.92. The molecule has 2 atom stereocenters. The third-order valence-electron chi connectivity index (χ3n) is 3.07. The lowest BCUT2D eigenvalue weighted by atomic mass is 10.0. The summed E-state index contributed by atoms with van der Waals surface area (Å²) >= 11 is 0. The van der Waals surface area contributed by atoms with E-state index in [-0.39, 0.29) is 17.3 Å². The fraction of sp³-hybridized carbons (Fsp3) is 0.923. The van der Waals surface area contributed by atoms with Crippen LogP contribution in [-0.2, 0) is 19.4 Å². The molecule has 0 aromatic heterocycles. The zero-order valence-electron chi connectivity index (χ0n) is 12.2. The van der Waals surface area contributed by atoms with Crippen molar-refractivity contribution in [2.75, 3.05) is 18.9 Å². The van der Waals surface area contributed by atoms with Crippen LogP contribution in [0.4, 0.5) is 0 Å². The van der Waals surface area contributed by atoms with Gasteiger partial charge < -0.3 is 10.1 Å². The molecular formula is C13H25NO4S. The smallest absolute Gasteiger partial charge is 0.238 e. The Morgan fingerprint density at radius 1 is 1.42 bits per heavy atom. The van der Waals surface area contributed by atoms with Gasteiger partial charge in [0.2, 0.25) is 5.91 Å². The first kappa shape index (κ1) is 16.4. The lowest BCUT2D eigenvalue weighted by Crippen LogP contribution is -2.43. The fourth-order valence-electron chi connectivity index (χ4n) is 2.06. The molecule has 0 radical (unpaired) electrons. The SMILES string of the molecule is C[C@H](C(=O)NC[C@H]1CCCO1)S(=O)(=O)CC(C)(C)C. The van der Waals surface area contributed by atoms with Crippen LogP contribution in [0, 0.1) is 5.41 Å². The third-order valence-corrected chi connectivity index (χ3v) is 5.63. The molecule has 112 valence electrons. The largest absolute Gasteiger partial charge is 0.376 e. The van der Waals surface area contributed by atoms with E-state index >= 15 is 0 Å². The molecule has 0 spiro atoms. The number of hydrogen-bond donors (Lipinski definition) is 1. The van der Waals surface area contributed by atoms with Crippen LogP contribution < -0.4 is 5.32 Å². The van der Waals surface area contributed by atoms with Crippen LogP contribution in [0.15, 0.2) is 0 Å². The van der Waals surface area contributed by atoms with E-state index in [1.807, 2.05) is 20.8 Å². The van der Waals surface area contributed by atoms with Gasteiger partial charge in [-0.25, -0.2) is 8.42 Å². The summed E-state index contributed by atoms with van der Waals surface area (Å²) in [5, 5.41) is 1.67. The number of hydrogen-bond acceptors (Lipinski definition) is 4. The van der Waals surface area contributed by atoms with E-state index in [1.54, 1.807) is 0 Å². The number of ether oxygens (including phenoxy) is 1.